The van der Waals surface area contributed by atoms with Crippen molar-refractivity contribution < 1.29 is 0 Å². The zero-order valence-corrected chi connectivity index (χ0v) is 13.5. The van der Waals surface area contributed by atoms with Crippen molar-refractivity contribution in [2.24, 2.45) is 5.41 Å². The molecule has 2 aromatic heterocycles. The molecule has 0 fully saturated rings. The van der Waals surface area contributed by atoms with Crippen LogP contribution in [-0.2, 0) is 0 Å². The molecule has 7 nitrogen and oxygen atoms in total. The van der Waals surface area contributed by atoms with E-state index in [0.29, 0.717) is 11.6 Å². The van der Waals surface area contributed by atoms with E-state index in [2.05, 4.69) is 63.4 Å². The lowest BCUT2D eigenvalue weighted by atomic mass is 9.93. The predicted molar refractivity (Wildman–Crippen MR) is 86.7 cm³/mol. The van der Waals surface area contributed by atoms with Crippen LogP contribution in [0.1, 0.15) is 20.8 Å². The number of fused-ring (bicyclic) bond motifs is 1. The highest BCUT2D eigenvalue weighted by Gasteiger charge is 2.20. The normalized spacial score (nSPS) is 12.1. The van der Waals surface area contributed by atoms with Crippen LogP contribution in [0.4, 0.5) is 11.8 Å². The Morgan fingerprint density at radius 2 is 2.00 bits per heavy atom. The van der Waals surface area contributed by atoms with Crippen LogP contribution in [-0.4, -0.2) is 58.6 Å². The van der Waals surface area contributed by atoms with Crippen LogP contribution in [0.3, 0.4) is 0 Å². The summed E-state index contributed by atoms with van der Waals surface area (Å²) < 4.78 is 0. The molecule has 0 bridgehead atoms. The number of anilines is 2. The third-order valence-electron chi connectivity index (χ3n) is 3.10. The van der Waals surface area contributed by atoms with Gasteiger partial charge in [0, 0.05) is 19.6 Å². The van der Waals surface area contributed by atoms with E-state index in [-0.39, 0.29) is 5.41 Å². The van der Waals surface area contributed by atoms with Gasteiger partial charge in [0.25, 0.3) is 0 Å². The Balaban J connectivity index is 2.18. The molecule has 0 aliphatic carbocycles. The molecule has 0 saturated heterocycles. The largest absolute Gasteiger partial charge is 0.368 e. The molecule has 0 aromatic carbocycles. The molecule has 0 saturated carbocycles. The average Bonchev–Trinajstić information content (AvgIpc) is 2.83. The second kappa shape index (κ2) is 6.26. The van der Waals surface area contributed by atoms with Gasteiger partial charge in [-0.05, 0) is 26.4 Å². The highest BCUT2D eigenvalue weighted by molar-refractivity contribution is 5.83. The lowest BCUT2D eigenvalue weighted by Crippen LogP contribution is -2.34. The SMILES string of the molecule is CCNc1nc(NCC(C)(C)CN(C)C)c2[nH]cnc2n1. The molecule has 0 atom stereocenters. The Morgan fingerprint density at radius 3 is 2.67 bits per heavy atom. The summed E-state index contributed by atoms with van der Waals surface area (Å²) in [5.74, 6) is 1.39. The highest BCUT2D eigenvalue weighted by Crippen LogP contribution is 2.22. The second-order valence-electron chi connectivity index (χ2n) is 6.28. The number of H-pyrrole nitrogens is 1. The average molecular weight is 291 g/mol. The fraction of sp³-hybridized carbons (Fsp3) is 0.643. The molecule has 2 heterocycles. The topological polar surface area (TPSA) is 81.8 Å². The smallest absolute Gasteiger partial charge is 0.226 e. The summed E-state index contributed by atoms with van der Waals surface area (Å²) in [6, 6.07) is 0. The van der Waals surface area contributed by atoms with E-state index in [0.717, 1.165) is 31.0 Å². The van der Waals surface area contributed by atoms with Gasteiger partial charge in [-0.1, -0.05) is 13.8 Å². The first-order valence-electron chi connectivity index (χ1n) is 7.25. The van der Waals surface area contributed by atoms with Gasteiger partial charge in [0.2, 0.25) is 5.95 Å². The highest BCUT2D eigenvalue weighted by atomic mass is 15.2. The van der Waals surface area contributed by atoms with Gasteiger partial charge in [-0.25, -0.2) is 4.98 Å². The van der Waals surface area contributed by atoms with Gasteiger partial charge in [0.05, 0.1) is 6.33 Å². The van der Waals surface area contributed by atoms with E-state index in [9.17, 15) is 0 Å². The lowest BCUT2D eigenvalue weighted by molar-refractivity contribution is 0.254. The number of hydrogen-bond donors (Lipinski definition) is 3. The molecular weight excluding hydrogens is 266 g/mol. The van der Waals surface area contributed by atoms with Gasteiger partial charge in [0.1, 0.15) is 5.52 Å². The van der Waals surface area contributed by atoms with Crippen molar-refractivity contribution in [1.29, 1.82) is 0 Å². The molecule has 2 rings (SSSR count). The first-order chi connectivity index (χ1) is 9.91. The minimum Gasteiger partial charge on any atom is -0.368 e. The van der Waals surface area contributed by atoms with Crippen molar-refractivity contribution in [3.05, 3.63) is 6.33 Å². The molecule has 0 unspecified atom stereocenters. The summed E-state index contributed by atoms with van der Waals surface area (Å²) in [5, 5.41) is 6.56. The molecule has 0 radical (unpaired) electrons. The summed E-state index contributed by atoms with van der Waals surface area (Å²) in [6.07, 6.45) is 1.64. The Hall–Kier alpha value is -1.89. The van der Waals surface area contributed by atoms with Gasteiger partial charge >= 0.3 is 0 Å². The number of nitrogens with one attached hydrogen (secondary N) is 3. The van der Waals surface area contributed by atoms with Crippen LogP contribution < -0.4 is 10.6 Å². The van der Waals surface area contributed by atoms with Crippen molar-refractivity contribution in [2.75, 3.05) is 44.4 Å². The van der Waals surface area contributed by atoms with E-state index in [4.69, 9.17) is 0 Å². The second-order valence-corrected chi connectivity index (χ2v) is 6.28. The Kier molecular flexibility index (Phi) is 4.62. The van der Waals surface area contributed by atoms with Crippen LogP contribution in [0.5, 0.6) is 0 Å². The van der Waals surface area contributed by atoms with Crippen molar-refractivity contribution in [3.63, 3.8) is 0 Å². The third kappa shape index (κ3) is 4.04. The zero-order valence-electron chi connectivity index (χ0n) is 13.5. The Bertz CT molecular complexity index is 588. The van der Waals surface area contributed by atoms with E-state index >= 15 is 0 Å². The molecule has 116 valence electrons. The maximum Gasteiger partial charge on any atom is 0.226 e. The van der Waals surface area contributed by atoms with Gasteiger partial charge in [0.15, 0.2) is 11.5 Å². The van der Waals surface area contributed by atoms with Crippen molar-refractivity contribution >= 4 is 22.9 Å². The van der Waals surface area contributed by atoms with Gasteiger partial charge in [-0.3, -0.25) is 0 Å². The number of rotatable bonds is 7. The van der Waals surface area contributed by atoms with E-state index < -0.39 is 0 Å². The number of imidazole rings is 1. The van der Waals surface area contributed by atoms with Crippen LogP contribution >= 0.6 is 0 Å². The molecule has 0 aliphatic rings. The number of hydrogen-bond acceptors (Lipinski definition) is 6. The maximum absolute atomic E-state index is 4.53. The van der Waals surface area contributed by atoms with Crippen molar-refractivity contribution in [1.82, 2.24) is 24.8 Å². The van der Waals surface area contributed by atoms with Crippen LogP contribution in [0.15, 0.2) is 6.33 Å². The molecule has 7 heteroatoms. The Morgan fingerprint density at radius 1 is 1.24 bits per heavy atom. The monoisotopic (exact) mass is 291 g/mol. The summed E-state index contributed by atoms with van der Waals surface area (Å²) >= 11 is 0. The minimum absolute atomic E-state index is 0.138. The number of aromatic nitrogens is 4. The molecule has 3 N–H and O–H groups in total. The van der Waals surface area contributed by atoms with Crippen LogP contribution in [0.25, 0.3) is 11.2 Å². The summed E-state index contributed by atoms with van der Waals surface area (Å²) in [4.78, 5) is 18.4. The molecule has 0 amide bonds. The van der Waals surface area contributed by atoms with Crippen LogP contribution in [0, 0.1) is 5.41 Å². The molecule has 0 aliphatic heterocycles. The quantitative estimate of drug-likeness (QED) is 0.721. The van der Waals surface area contributed by atoms with Gasteiger partial charge in [-0.2, -0.15) is 9.97 Å². The Labute approximate surface area is 125 Å². The van der Waals surface area contributed by atoms with E-state index in [1.165, 1.54) is 0 Å². The fourth-order valence-electron chi connectivity index (χ4n) is 2.43. The van der Waals surface area contributed by atoms with Gasteiger partial charge in [-0.15, -0.1) is 0 Å². The van der Waals surface area contributed by atoms with Crippen molar-refractivity contribution in [2.45, 2.75) is 20.8 Å². The first-order valence-corrected chi connectivity index (χ1v) is 7.25. The summed E-state index contributed by atoms with van der Waals surface area (Å²) in [7, 11) is 4.17. The zero-order chi connectivity index (χ0) is 15.5. The van der Waals surface area contributed by atoms with E-state index in [1.807, 2.05) is 6.92 Å². The minimum atomic E-state index is 0.138. The number of nitrogens with zero attached hydrogens (tertiary/aromatic N) is 4. The predicted octanol–water partition coefficient (Wildman–Crippen LogP) is 1.78. The van der Waals surface area contributed by atoms with Crippen molar-refractivity contribution in [3.8, 4) is 0 Å². The fourth-order valence-corrected chi connectivity index (χ4v) is 2.43. The van der Waals surface area contributed by atoms with E-state index in [1.54, 1.807) is 6.33 Å². The van der Waals surface area contributed by atoms with Crippen LogP contribution in [0.2, 0.25) is 0 Å². The first kappa shape index (κ1) is 15.5. The van der Waals surface area contributed by atoms with Gasteiger partial charge < -0.3 is 20.5 Å². The third-order valence-corrected chi connectivity index (χ3v) is 3.10. The summed E-state index contributed by atoms with van der Waals surface area (Å²) in [6.45, 7) is 9.08. The molecule has 0 spiro atoms. The molecular formula is C14H25N7. The molecule has 21 heavy (non-hydrogen) atoms. The summed E-state index contributed by atoms with van der Waals surface area (Å²) in [5.41, 5.74) is 1.66. The standard InChI is InChI=1S/C14H25N7/c1-6-15-13-19-11(10-12(20-13)18-9-17-10)16-7-14(2,3)8-21(4)5/h9H,6-8H2,1-5H3,(H3,15,16,17,18,19,20). The number of aromatic amines is 1. The lowest BCUT2D eigenvalue weighted by Gasteiger charge is -2.28. The maximum atomic E-state index is 4.53. The molecule has 2 aromatic rings.